The second-order valence-electron chi connectivity index (χ2n) is 3.72. The molecule has 5 heteroatoms. The molecule has 0 aliphatic carbocycles. The van der Waals surface area contributed by atoms with E-state index in [0.29, 0.717) is 11.3 Å². The van der Waals surface area contributed by atoms with Gasteiger partial charge in [-0.15, -0.1) is 0 Å². The van der Waals surface area contributed by atoms with Gasteiger partial charge < -0.3 is 5.32 Å². The first-order valence-electron chi connectivity index (χ1n) is 5.98. The highest BCUT2D eigenvalue weighted by molar-refractivity contribution is 8.01. The van der Waals surface area contributed by atoms with Crippen LogP contribution in [0.5, 0.6) is 0 Å². The summed E-state index contributed by atoms with van der Waals surface area (Å²) in [6.07, 6.45) is 5.27. The molecule has 0 saturated carbocycles. The Morgan fingerprint density at radius 1 is 1.44 bits per heavy atom. The van der Waals surface area contributed by atoms with Crippen LogP contribution in [0.3, 0.4) is 0 Å². The SMILES string of the molecule is CCCC(NCC)C(CC)Sc1ncns1. The van der Waals surface area contributed by atoms with E-state index in [9.17, 15) is 0 Å². The van der Waals surface area contributed by atoms with Crippen LogP contribution in [-0.2, 0) is 0 Å². The van der Waals surface area contributed by atoms with E-state index in [0.717, 1.165) is 10.9 Å². The van der Waals surface area contributed by atoms with Crippen molar-refractivity contribution in [1.29, 1.82) is 0 Å². The van der Waals surface area contributed by atoms with Crippen LogP contribution >= 0.6 is 23.3 Å². The average Bonchev–Trinajstić information content (AvgIpc) is 2.78. The van der Waals surface area contributed by atoms with Gasteiger partial charge in [-0.25, -0.2) is 4.98 Å². The lowest BCUT2D eigenvalue weighted by molar-refractivity contribution is 0.465. The molecule has 0 fully saturated rings. The monoisotopic (exact) mass is 259 g/mol. The van der Waals surface area contributed by atoms with Crippen LogP contribution in [0, 0.1) is 0 Å². The molecule has 1 aromatic heterocycles. The zero-order chi connectivity index (χ0) is 11.8. The summed E-state index contributed by atoms with van der Waals surface area (Å²) in [6, 6.07) is 0.592. The lowest BCUT2D eigenvalue weighted by Crippen LogP contribution is -2.37. The Balaban J connectivity index is 2.55. The third kappa shape index (κ3) is 4.39. The molecule has 2 unspecified atom stereocenters. The van der Waals surface area contributed by atoms with Gasteiger partial charge in [-0.1, -0.05) is 39.0 Å². The number of aromatic nitrogens is 2. The number of rotatable bonds is 8. The molecule has 0 aromatic carbocycles. The first-order chi connectivity index (χ1) is 7.81. The highest BCUT2D eigenvalue weighted by Gasteiger charge is 2.20. The van der Waals surface area contributed by atoms with Gasteiger partial charge in [-0.3, -0.25) is 0 Å². The molecule has 1 N–H and O–H groups in total. The van der Waals surface area contributed by atoms with Crippen LogP contribution in [0.15, 0.2) is 10.7 Å². The highest BCUT2D eigenvalue weighted by atomic mass is 32.2. The van der Waals surface area contributed by atoms with E-state index in [1.807, 2.05) is 11.8 Å². The molecular weight excluding hydrogens is 238 g/mol. The molecule has 0 bridgehead atoms. The summed E-state index contributed by atoms with van der Waals surface area (Å²) in [6.45, 7) is 7.70. The van der Waals surface area contributed by atoms with Crippen molar-refractivity contribution in [2.45, 2.75) is 55.7 Å². The molecule has 3 nitrogen and oxygen atoms in total. The van der Waals surface area contributed by atoms with Crippen LogP contribution < -0.4 is 5.32 Å². The maximum absolute atomic E-state index is 4.25. The van der Waals surface area contributed by atoms with Crippen LogP contribution in [-0.4, -0.2) is 27.2 Å². The molecule has 0 amide bonds. The summed E-state index contributed by atoms with van der Waals surface area (Å²) in [4.78, 5) is 4.25. The van der Waals surface area contributed by atoms with Crippen LogP contribution in [0.2, 0.25) is 0 Å². The van der Waals surface area contributed by atoms with Crippen LogP contribution in [0.1, 0.15) is 40.0 Å². The first kappa shape index (κ1) is 13.9. The smallest absolute Gasteiger partial charge is 0.170 e. The molecule has 1 heterocycles. The van der Waals surface area contributed by atoms with E-state index < -0.39 is 0 Å². The topological polar surface area (TPSA) is 37.8 Å². The Morgan fingerprint density at radius 2 is 2.25 bits per heavy atom. The fraction of sp³-hybridized carbons (Fsp3) is 0.818. The van der Waals surface area contributed by atoms with Crippen molar-refractivity contribution in [3.8, 4) is 0 Å². The van der Waals surface area contributed by atoms with Gasteiger partial charge in [0, 0.05) is 11.3 Å². The van der Waals surface area contributed by atoms with Crippen molar-refractivity contribution in [1.82, 2.24) is 14.7 Å². The number of hydrogen-bond donors (Lipinski definition) is 1. The third-order valence-corrected chi connectivity index (χ3v) is 4.76. The fourth-order valence-electron chi connectivity index (χ4n) is 1.79. The summed E-state index contributed by atoms with van der Waals surface area (Å²) < 4.78 is 5.14. The van der Waals surface area contributed by atoms with E-state index in [1.54, 1.807) is 6.33 Å². The molecule has 1 rings (SSSR count). The Hall–Kier alpha value is -0.130. The van der Waals surface area contributed by atoms with E-state index in [2.05, 4.69) is 35.4 Å². The molecule has 0 radical (unpaired) electrons. The first-order valence-corrected chi connectivity index (χ1v) is 7.63. The summed E-state index contributed by atoms with van der Waals surface area (Å²) in [5, 5.41) is 4.19. The zero-order valence-electron chi connectivity index (χ0n) is 10.3. The Morgan fingerprint density at radius 3 is 2.75 bits per heavy atom. The van der Waals surface area contributed by atoms with Crippen LogP contribution in [0.4, 0.5) is 0 Å². The van der Waals surface area contributed by atoms with Gasteiger partial charge >= 0.3 is 0 Å². The van der Waals surface area contributed by atoms with Gasteiger partial charge in [0.25, 0.3) is 0 Å². The zero-order valence-corrected chi connectivity index (χ0v) is 11.9. The Labute approximate surface area is 107 Å². The minimum absolute atomic E-state index is 0.592. The van der Waals surface area contributed by atoms with Crippen molar-refractivity contribution in [3.05, 3.63) is 6.33 Å². The van der Waals surface area contributed by atoms with Crippen molar-refractivity contribution in [2.24, 2.45) is 0 Å². The molecule has 92 valence electrons. The van der Waals surface area contributed by atoms with Crippen LogP contribution in [0.25, 0.3) is 0 Å². The lowest BCUT2D eigenvalue weighted by atomic mass is 10.1. The van der Waals surface area contributed by atoms with Gasteiger partial charge in [0.2, 0.25) is 0 Å². The number of nitrogens with zero attached hydrogens (tertiary/aromatic N) is 2. The standard InChI is InChI=1S/C11H21N3S2/c1-4-7-9(12-6-3)10(5-2)15-11-13-8-14-16-11/h8-10,12H,4-7H2,1-3H3. The molecule has 0 aliphatic heterocycles. The van der Waals surface area contributed by atoms with Gasteiger partial charge in [0.15, 0.2) is 4.34 Å². The summed E-state index contributed by atoms with van der Waals surface area (Å²) in [5.41, 5.74) is 0. The van der Waals surface area contributed by atoms with Crippen molar-refractivity contribution in [2.75, 3.05) is 6.54 Å². The minimum Gasteiger partial charge on any atom is -0.313 e. The van der Waals surface area contributed by atoms with Crippen molar-refractivity contribution in [3.63, 3.8) is 0 Å². The maximum atomic E-state index is 4.25. The molecule has 16 heavy (non-hydrogen) atoms. The number of nitrogens with one attached hydrogen (secondary N) is 1. The van der Waals surface area contributed by atoms with Crippen molar-refractivity contribution < 1.29 is 0 Å². The van der Waals surface area contributed by atoms with Gasteiger partial charge in [-0.05, 0) is 30.9 Å². The second-order valence-corrected chi connectivity index (χ2v) is 5.99. The maximum Gasteiger partial charge on any atom is 0.170 e. The van der Waals surface area contributed by atoms with Gasteiger partial charge in [0.1, 0.15) is 6.33 Å². The normalized spacial score (nSPS) is 14.9. The van der Waals surface area contributed by atoms with Gasteiger partial charge in [0.05, 0.1) is 0 Å². The lowest BCUT2D eigenvalue weighted by Gasteiger charge is -2.25. The minimum atomic E-state index is 0.592. The average molecular weight is 259 g/mol. The van der Waals surface area contributed by atoms with E-state index in [1.165, 1.54) is 30.8 Å². The van der Waals surface area contributed by atoms with Gasteiger partial charge in [-0.2, -0.15) is 4.37 Å². The molecule has 0 aliphatic rings. The summed E-state index contributed by atoms with van der Waals surface area (Å²) in [7, 11) is 0. The fourth-order valence-corrected chi connectivity index (χ4v) is 3.67. The van der Waals surface area contributed by atoms with E-state index in [4.69, 9.17) is 0 Å². The quantitative estimate of drug-likeness (QED) is 0.728. The number of thioether (sulfide) groups is 1. The van der Waals surface area contributed by atoms with E-state index in [-0.39, 0.29) is 0 Å². The molecule has 2 atom stereocenters. The van der Waals surface area contributed by atoms with Crippen molar-refractivity contribution >= 4 is 23.3 Å². The largest absolute Gasteiger partial charge is 0.313 e. The van der Waals surface area contributed by atoms with E-state index >= 15 is 0 Å². The summed E-state index contributed by atoms with van der Waals surface area (Å²) >= 11 is 3.36. The predicted octanol–water partition coefficient (Wildman–Crippen LogP) is 3.19. The molecular formula is C11H21N3S2. The predicted molar refractivity (Wildman–Crippen MR) is 72.2 cm³/mol. The molecule has 1 aromatic rings. The Kier molecular flexibility index (Phi) is 7.00. The molecule has 0 saturated heterocycles. The summed E-state index contributed by atoms with van der Waals surface area (Å²) in [5.74, 6) is 0. The number of hydrogen-bond acceptors (Lipinski definition) is 5. The Bertz CT molecular complexity index is 258. The molecule has 0 spiro atoms. The second kappa shape index (κ2) is 8.03. The third-order valence-electron chi connectivity index (χ3n) is 2.51. The highest BCUT2D eigenvalue weighted by Crippen LogP contribution is 2.29.